The van der Waals surface area contributed by atoms with Gasteiger partial charge in [-0.05, 0) is 31.5 Å². The van der Waals surface area contributed by atoms with Crippen molar-refractivity contribution in [2.24, 2.45) is 0 Å². The molecule has 0 saturated carbocycles. The van der Waals surface area contributed by atoms with Crippen LogP contribution in [0.25, 0.3) is 10.9 Å². The van der Waals surface area contributed by atoms with E-state index in [9.17, 15) is 9.59 Å². The highest BCUT2D eigenvalue weighted by Gasteiger charge is 2.17. The van der Waals surface area contributed by atoms with Gasteiger partial charge >= 0.3 is 5.97 Å². The molecule has 0 aliphatic carbocycles. The number of methoxy groups -OCH3 is 1. The fourth-order valence-corrected chi connectivity index (χ4v) is 2.18. The van der Waals surface area contributed by atoms with Crippen LogP contribution in [0.3, 0.4) is 0 Å². The quantitative estimate of drug-likeness (QED) is 0.794. The topological polar surface area (TPSA) is 48.3 Å². The summed E-state index contributed by atoms with van der Waals surface area (Å²) in [5.41, 5.74) is 1.36. The molecule has 0 spiro atoms. The monoisotopic (exact) mass is 279 g/mol. The van der Waals surface area contributed by atoms with E-state index in [4.69, 9.17) is 16.3 Å². The molecule has 1 heterocycles. The van der Waals surface area contributed by atoms with Gasteiger partial charge in [0.1, 0.15) is 6.04 Å². The number of aromatic nitrogens is 1. The van der Waals surface area contributed by atoms with Gasteiger partial charge in [0, 0.05) is 22.7 Å². The molecule has 4 nitrogen and oxygen atoms in total. The molecule has 1 unspecified atom stereocenters. The van der Waals surface area contributed by atoms with E-state index in [1.54, 1.807) is 29.8 Å². The highest BCUT2D eigenvalue weighted by atomic mass is 35.5. The lowest BCUT2D eigenvalue weighted by atomic mass is 10.1. The van der Waals surface area contributed by atoms with Gasteiger partial charge in [-0.3, -0.25) is 4.79 Å². The van der Waals surface area contributed by atoms with Gasteiger partial charge in [0.2, 0.25) is 0 Å². The Morgan fingerprint density at radius 2 is 2.11 bits per heavy atom. The molecule has 0 aliphatic heterocycles. The standard InChI is InChI=1S/C14H14ClNO3/c1-8-6-10-12(7-11(8)15)16(5-4-13(10)17)9(2)14(18)19-3/h4-7,9H,1-3H3. The number of carbonyl (C=O) groups excluding carboxylic acids is 1. The number of hydrogen-bond donors (Lipinski definition) is 0. The maximum atomic E-state index is 11.9. The molecule has 1 aromatic carbocycles. The molecule has 2 aromatic rings. The number of benzene rings is 1. The molecule has 0 amide bonds. The van der Waals surface area contributed by atoms with Gasteiger partial charge in [-0.2, -0.15) is 0 Å². The second kappa shape index (κ2) is 5.05. The summed E-state index contributed by atoms with van der Waals surface area (Å²) in [6.45, 7) is 3.55. The van der Waals surface area contributed by atoms with E-state index in [0.29, 0.717) is 15.9 Å². The van der Waals surface area contributed by atoms with Gasteiger partial charge in [0.15, 0.2) is 5.43 Å². The summed E-state index contributed by atoms with van der Waals surface area (Å²) in [4.78, 5) is 23.5. The minimum Gasteiger partial charge on any atom is -0.467 e. The van der Waals surface area contributed by atoms with Crippen LogP contribution < -0.4 is 5.43 Å². The van der Waals surface area contributed by atoms with Crippen LogP contribution in [0.15, 0.2) is 29.2 Å². The molecule has 1 aromatic heterocycles. The Labute approximate surface area is 115 Å². The number of esters is 1. The Hall–Kier alpha value is -1.81. The Morgan fingerprint density at radius 3 is 2.74 bits per heavy atom. The van der Waals surface area contributed by atoms with E-state index >= 15 is 0 Å². The van der Waals surface area contributed by atoms with E-state index in [0.717, 1.165) is 5.56 Å². The summed E-state index contributed by atoms with van der Waals surface area (Å²) in [6, 6.07) is 4.36. The number of nitrogens with zero attached hydrogens (tertiary/aromatic N) is 1. The van der Waals surface area contributed by atoms with Gasteiger partial charge in [0.05, 0.1) is 12.6 Å². The van der Waals surface area contributed by atoms with Crippen molar-refractivity contribution in [2.75, 3.05) is 7.11 Å². The van der Waals surface area contributed by atoms with E-state index in [-0.39, 0.29) is 11.4 Å². The predicted octanol–water partition coefficient (Wildman–Crippen LogP) is 2.70. The molecule has 1 atom stereocenters. The van der Waals surface area contributed by atoms with Crippen LogP contribution >= 0.6 is 11.6 Å². The smallest absolute Gasteiger partial charge is 0.328 e. The lowest BCUT2D eigenvalue weighted by Crippen LogP contribution is -2.20. The van der Waals surface area contributed by atoms with Crippen LogP contribution in [-0.2, 0) is 9.53 Å². The number of carbonyl (C=O) groups is 1. The van der Waals surface area contributed by atoms with Crippen molar-refractivity contribution < 1.29 is 9.53 Å². The summed E-state index contributed by atoms with van der Waals surface area (Å²) < 4.78 is 6.42. The lowest BCUT2D eigenvalue weighted by molar-refractivity contribution is -0.143. The van der Waals surface area contributed by atoms with Crippen molar-refractivity contribution in [1.29, 1.82) is 0 Å². The average molecular weight is 280 g/mol. The first kappa shape index (κ1) is 13.6. The van der Waals surface area contributed by atoms with E-state index in [1.165, 1.54) is 13.2 Å². The van der Waals surface area contributed by atoms with Gasteiger partial charge in [0.25, 0.3) is 0 Å². The predicted molar refractivity (Wildman–Crippen MR) is 74.7 cm³/mol. The third-order valence-corrected chi connectivity index (χ3v) is 3.57. The highest BCUT2D eigenvalue weighted by Crippen LogP contribution is 2.23. The van der Waals surface area contributed by atoms with Crippen molar-refractivity contribution in [3.8, 4) is 0 Å². The van der Waals surface area contributed by atoms with Crippen molar-refractivity contribution in [3.05, 3.63) is 45.2 Å². The zero-order valence-corrected chi connectivity index (χ0v) is 11.7. The maximum Gasteiger partial charge on any atom is 0.328 e. The van der Waals surface area contributed by atoms with Crippen molar-refractivity contribution in [2.45, 2.75) is 19.9 Å². The lowest BCUT2D eigenvalue weighted by Gasteiger charge is -2.17. The first-order chi connectivity index (χ1) is 8.95. The van der Waals surface area contributed by atoms with Gasteiger partial charge in [-0.1, -0.05) is 11.6 Å². The summed E-state index contributed by atoms with van der Waals surface area (Å²) in [5, 5.41) is 1.10. The highest BCUT2D eigenvalue weighted by molar-refractivity contribution is 6.32. The Balaban J connectivity index is 2.76. The molecule has 0 aliphatic rings. The van der Waals surface area contributed by atoms with Crippen molar-refractivity contribution in [1.82, 2.24) is 4.57 Å². The van der Waals surface area contributed by atoms with Gasteiger partial charge in [-0.15, -0.1) is 0 Å². The zero-order valence-electron chi connectivity index (χ0n) is 10.9. The van der Waals surface area contributed by atoms with Crippen molar-refractivity contribution in [3.63, 3.8) is 0 Å². The van der Waals surface area contributed by atoms with E-state index in [2.05, 4.69) is 0 Å². The molecule has 19 heavy (non-hydrogen) atoms. The minimum absolute atomic E-state index is 0.0944. The molecular formula is C14H14ClNO3. The number of fused-ring (bicyclic) bond motifs is 1. The third-order valence-electron chi connectivity index (χ3n) is 3.17. The molecule has 5 heteroatoms. The SMILES string of the molecule is COC(=O)C(C)n1ccc(=O)c2cc(C)c(Cl)cc21. The van der Waals surface area contributed by atoms with Gasteiger partial charge in [-0.25, -0.2) is 4.79 Å². The first-order valence-electron chi connectivity index (χ1n) is 5.84. The van der Waals surface area contributed by atoms with Gasteiger partial charge < -0.3 is 9.30 Å². The Morgan fingerprint density at radius 1 is 1.42 bits per heavy atom. The van der Waals surface area contributed by atoms with Crippen LogP contribution in [0, 0.1) is 6.92 Å². The van der Waals surface area contributed by atoms with Crippen LogP contribution in [0.5, 0.6) is 0 Å². The molecule has 0 saturated heterocycles. The Bertz CT molecular complexity index is 706. The number of aryl methyl sites for hydroxylation is 1. The maximum absolute atomic E-state index is 11.9. The Kier molecular flexibility index (Phi) is 3.62. The molecule has 0 N–H and O–H groups in total. The fraction of sp³-hybridized carbons (Fsp3) is 0.286. The number of hydrogen-bond acceptors (Lipinski definition) is 3. The normalized spacial score (nSPS) is 12.4. The molecule has 100 valence electrons. The summed E-state index contributed by atoms with van der Waals surface area (Å²) in [5.74, 6) is -0.373. The second-order valence-electron chi connectivity index (χ2n) is 4.40. The summed E-state index contributed by atoms with van der Waals surface area (Å²) in [6.07, 6.45) is 1.58. The molecule has 2 rings (SSSR count). The molecule has 0 radical (unpaired) electrons. The van der Waals surface area contributed by atoms with Crippen LogP contribution in [-0.4, -0.2) is 17.6 Å². The molecular weight excluding hydrogens is 266 g/mol. The summed E-state index contributed by atoms with van der Waals surface area (Å²) in [7, 11) is 1.33. The van der Waals surface area contributed by atoms with Crippen LogP contribution in [0.4, 0.5) is 0 Å². The molecule has 0 bridgehead atoms. The third kappa shape index (κ3) is 2.36. The van der Waals surface area contributed by atoms with E-state index in [1.807, 2.05) is 6.92 Å². The van der Waals surface area contributed by atoms with E-state index < -0.39 is 6.04 Å². The number of ether oxygens (including phenoxy) is 1. The zero-order chi connectivity index (χ0) is 14.2. The second-order valence-corrected chi connectivity index (χ2v) is 4.81. The van der Waals surface area contributed by atoms with Crippen LogP contribution in [0.1, 0.15) is 18.5 Å². The largest absolute Gasteiger partial charge is 0.467 e. The number of rotatable bonds is 2. The van der Waals surface area contributed by atoms with Crippen LogP contribution in [0.2, 0.25) is 5.02 Å². The average Bonchev–Trinajstić information content (AvgIpc) is 2.40. The minimum atomic E-state index is -0.521. The first-order valence-corrected chi connectivity index (χ1v) is 6.22. The van der Waals surface area contributed by atoms with Crippen molar-refractivity contribution >= 4 is 28.5 Å². The number of pyridine rings is 1. The molecule has 0 fully saturated rings. The summed E-state index contributed by atoms with van der Waals surface area (Å²) >= 11 is 6.10. The number of halogens is 1. The fourth-order valence-electron chi connectivity index (χ4n) is 2.02.